The molecule has 0 N–H and O–H groups in total. The molecule has 0 atom stereocenters. The molecule has 0 amide bonds. The quantitative estimate of drug-likeness (QED) is 0.521. The molecule has 2 heterocycles. The molecule has 0 fully saturated rings. The third-order valence-electron chi connectivity index (χ3n) is 3.54. The van der Waals surface area contributed by atoms with E-state index in [1.165, 1.54) is 6.39 Å². The maximum atomic E-state index is 5.89. The summed E-state index contributed by atoms with van der Waals surface area (Å²) in [7, 11) is 0. The number of hydrogen-bond donors (Lipinski definition) is 0. The molecule has 6 nitrogen and oxygen atoms in total. The molecule has 0 saturated carbocycles. The van der Waals surface area contributed by atoms with Gasteiger partial charge in [0.25, 0.3) is 0 Å². The van der Waals surface area contributed by atoms with Gasteiger partial charge < -0.3 is 13.7 Å². The summed E-state index contributed by atoms with van der Waals surface area (Å²) in [5.41, 5.74) is 2.50. The summed E-state index contributed by atoms with van der Waals surface area (Å²) < 4.78 is 16.2. The lowest BCUT2D eigenvalue weighted by Crippen LogP contribution is -1.93. The maximum absolute atomic E-state index is 5.89. The first-order valence-corrected chi connectivity index (χ1v) is 7.87. The molecular weight excluding hydrogens is 342 g/mol. The number of benzene rings is 2. The van der Waals surface area contributed by atoms with Gasteiger partial charge in [0.15, 0.2) is 5.76 Å². The number of ether oxygens (including phenoxy) is 1. The predicted molar refractivity (Wildman–Crippen MR) is 91.0 cm³/mol. The molecule has 0 saturated heterocycles. The SMILES string of the molecule is Clc1ccc(-c2cc(COc3ccc(-c4nnco4)cc3)on2)cc1. The minimum Gasteiger partial charge on any atom is -0.486 e. The number of aromatic nitrogens is 3. The van der Waals surface area contributed by atoms with Gasteiger partial charge in [0.05, 0.1) is 0 Å². The highest BCUT2D eigenvalue weighted by Crippen LogP contribution is 2.23. The van der Waals surface area contributed by atoms with E-state index in [0.29, 0.717) is 22.4 Å². The van der Waals surface area contributed by atoms with Gasteiger partial charge in [-0.05, 0) is 36.4 Å². The van der Waals surface area contributed by atoms with Crippen molar-refractivity contribution in [2.75, 3.05) is 0 Å². The van der Waals surface area contributed by atoms with E-state index >= 15 is 0 Å². The van der Waals surface area contributed by atoms with Crippen LogP contribution in [0.15, 0.2) is 69.9 Å². The molecule has 2 aromatic carbocycles. The van der Waals surface area contributed by atoms with Crippen LogP contribution in [0.3, 0.4) is 0 Å². The van der Waals surface area contributed by atoms with Gasteiger partial charge in [0, 0.05) is 22.2 Å². The van der Waals surface area contributed by atoms with Crippen LogP contribution in [-0.4, -0.2) is 15.4 Å². The Morgan fingerprint density at radius 1 is 0.960 bits per heavy atom. The number of nitrogens with zero attached hydrogens (tertiary/aromatic N) is 3. The van der Waals surface area contributed by atoms with Gasteiger partial charge in [0.2, 0.25) is 12.3 Å². The van der Waals surface area contributed by atoms with Crippen molar-refractivity contribution in [3.8, 4) is 28.5 Å². The average molecular weight is 354 g/mol. The van der Waals surface area contributed by atoms with E-state index in [0.717, 1.165) is 16.8 Å². The van der Waals surface area contributed by atoms with Crippen molar-refractivity contribution in [2.45, 2.75) is 6.61 Å². The Morgan fingerprint density at radius 3 is 2.44 bits per heavy atom. The Bertz CT molecular complexity index is 948. The summed E-state index contributed by atoms with van der Waals surface area (Å²) in [6.45, 7) is 0.278. The molecular formula is C18H12ClN3O3. The highest BCUT2D eigenvalue weighted by Gasteiger charge is 2.08. The van der Waals surface area contributed by atoms with E-state index in [-0.39, 0.29) is 6.61 Å². The zero-order valence-corrected chi connectivity index (χ0v) is 13.7. The first kappa shape index (κ1) is 15.4. The zero-order valence-electron chi connectivity index (χ0n) is 12.9. The normalized spacial score (nSPS) is 10.8. The van der Waals surface area contributed by atoms with Crippen molar-refractivity contribution >= 4 is 11.6 Å². The molecule has 7 heteroatoms. The lowest BCUT2D eigenvalue weighted by atomic mass is 10.1. The van der Waals surface area contributed by atoms with Gasteiger partial charge in [-0.2, -0.15) is 0 Å². The molecule has 4 aromatic rings. The van der Waals surface area contributed by atoms with Gasteiger partial charge >= 0.3 is 0 Å². The molecule has 124 valence electrons. The highest BCUT2D eigenvalue weighted by atomic mass is 35.5. The Kier molecular flexibility index (Phi) is 4.18. The summed E-state index contributed by atoms with van der Waals surface area (Å²) in [4.78, 5) is 0. The molecule has 0 bridgehead atoms. The number of hydrogen-bond acceptors (Lipinski definition) is 6. The third-order valence-corrected chi connectivity index (χ3v) is 3.79. The van der Waals surface area contributed by atoms with E-state index in [2.05, 4.69) is 15.4 Å². The fraction of sp³-hybridized carbons (Fsp3) is 0.0556. The average Bonchev–Trinajstić information content (AvgIpc) is 3.33. The predicted octanol–water partition coefficient (Wildman–Crippen LogP) is 4.62. The van der Waals surface area contributed by atoms with Crippen LogP contribution < -0.4 is 4.74 Å². The molecule has 0 aliphatic heterocycles. The van der Waals surface area contributed by atoms with E-state index in [1.807, 2.05) is 54.6 Å². The summed E-state index contributed by atoms with van der Waals surface area (Å²) in [6.07, 6.45) is 1.29. The van der Waals surface area contributed by atoms with Crippen LogP contribution in [0.4, 0.5) is 0 Å². The van der Waals surface area contributed by atoms with E-state index < -0.39 is 0 Å². The fourth-order valence-corrected chi connectivity index (χ4v) is 2.41. The Labute approximate surface area is 148 Å². The van der Waals surface area contributed by atoms with E-state index in [4.69, 9.17) is 25.3 Å². The van der Waals surface area contributed by atoms with Gasteiger partial charge in [-0.1, -0.05) is 28.9 Å². The Morgan fingerprint density at radius 2 is 1.72 bits per heavy atom. The van der Waals surface area contributed by atoms with Crippen LogP contribution >= 0.6 is 11.6 Å². The third kappa shape index (κ3) is 3.54. The first-order valence-electron chi connectivity index (χ1n) is 7.49. The number of halogens is 1. The fourth-order valence-electron chi connectivity index (χ4n) is 2.28. The van der Waals surface area contributed by atoms with Crippen molar-refractivity contribution in [2.24, 2.45) is 0 Å². The molecule has 0 unspecified atom stereocenters. The summed E-state index contributed by atoms with van der Waals surface area (Å²) >= 11 is 5.89. The number of rotatable bonds is 5. The van der Waals surface area contributed by atoms with Crippen molar-refractivity contribution < 1.29 is 13.7 Å². The van der Waals surface area contributed by atoms with Crippen molar-refractivity contribution in [3.63, 3.8) is 0 Å². The van der Waals surface area contributed by atoms with Crippen LogP contribution in [0, 0.1) is 0 Å². The summed E-state index contributed by atoms with van der Waals surface area (Å²) in [6, 6.07) is 16.6. The second-order valence-corrected chi connectivity index (χ2v) is 5.68. The smallest absolute Gasteiger partial charge is 0.247 e. The van der Waals surface area contributed by atoms with Crippen LogP contribution in [0.2, 0.25) is 5.02 Å². The second kappa shape index (κ2) is 6.78. The van der Waals surface area contributed by atoms with Crippen molar-refractivity contribution in [3.05, 3.63) is 71.8 Å². The molecule has 0 radical (unpaired) electrons. The first-order chi connectivity index (χ1) is 12.3. The molecule has 0 aliphatic carbocycles. The minimum absolute atomic E-state index is 0.278. The monoisotopic (exact) mass is 353 g/mol. The van der Waals surface area contributed by atoms with Crippen LogP contribution in [0.5, 0.6) is 5.75 Å². The summed E-state index contributed by atoms with van der Waals surface area (Å²) in [5.74, 6) is 1.80. The maximum Gasteiger partial charge on any atom is 0.247 e. The highest BCUT2D eigenvalue weighted by molar-refractivity contribution is 6.30. The van der Waals surface area contributed by atoms with Crippen LogP contribution in [-0.2, 0) is 6.61 Å². The topological polar surface area (TPSA) is 74.2 Å². The lowest BCUT2D eigenvalue weighted by molar-refractivity contribution is 0.249. The Balaban J connectivity index is 1.41. The molecule has 25 heavy (non-hydrogen) atoms. The van der Waals surface area contributed by atoms with E-state index in [1.54, 1.807) is 0 Å². The van der Waals surface area contributed by atoms with Crippen molar-refractivity contribution in [1.29, 1.82) is 0 Å². The second-order valence-electron chi connectivity index (χ2n) is 5.24. The lowest BCUT2D eigenvalue weighted by Gasteiger charge is -2.03. The molecule has 0 aliphatic rings. The van der Waals surface area contributed by atoms with Crippen LogP contribution in [0.25, 0.3) is 22.7 Å². The summed E-state index contributed by atoms with van der Waals surface area (Å²) in [5, 5.41) is 12.2. The molecule has 2 aromatic heterocycles. The zero-order chi connectivity index (χ0) is 17.1. The molecule has 4 rings (SSSR count). The minimum atomic E-state index is 0.278. The largest absolute Gasteiger partial charge is 0.486 e. The molecule has 0 spiro atoms. The Hall–Kier alpha value is -3.12. The van der Waals surface area contributed by atoms with Crippen LogP contribution in [0.1, 0.15) is 5.76 Å². The van der Waals surface area contributed by atoms with Gasteiger partial charge in [-0.15, -0.1) is 10.2 Å². The van der Waals surface area contributed by atoms with Gasteiger partial charge in [-0.3, -0.25) is 0 Å². The van der Waals surface area contributed by atoms with Crippen molar-refractivity contribution in [1.82, 2.24) is 15.4 Å². The van der Waals surface area contributed by atoms with Gasteiger partial charge in [0.1, 0.15) is 18.1 Å². The standard InChI is InChI=1S/C18H12ClN3O3/c19-14-5-1-12(2-6-14)17-9-16(25-22-17)10-23-15-7-3-13(4-8-15)18-21-20-11-24-18/h1-9,11H,10H2. The van der Waals surface area contributed by atoms with Gasteiger partial charge in [-0.25, -0.2) is 0 Å². The van der Waals surface area contributed by atoms with E-state index in [9.17, 15) is 0 Å².